The highest BCUT2D eigenvalue weighted by Gasteiger charge is 2.28. The molecule has 0 aromatic heterocycles. The number of esters is 1. The Morgan fingerprint density at radius 3 is 1.72 bits per heavy atom. The summed E-state index contributed by atoms with van der Waals surface area (Å²) in [5.74, 6) is -1.75. The number of ether oxygens (including phenoxy) is 1. The second kappa shape index (κ2) is 17.1. The highest BCUT2D eigenvalue weighted by molar-refractivity contribution is 5.90. The lowest BCUT2D eigenvalue weighted by molar-refractivity contribution is -0.163. The monoisotopic (exact) mass is 368 g/mol. The van der Waals surface area contributed by atoms with Crippen LogP contribution < -0.4 is 0 Å². The van der Waals surface area contributed by atoms with Crippen molar-refractivity contribution in [1.82, 2.24) is 0 Å². The lowest BCUT2D eigenvalue weighted by Gasteiger charge is -2.29. The first-order valence-electron chi connectivity index (χ1n) is 9.87. The van der Waals surface area contributed by atoms with Crippen LogP contribution in [0, 0.1) is 0 Å². The van der Waals surface area contributed by atoms with E-state index in [9.17, 15) is 9.59 Å². The van der Waals surface area contributed by atoms with Gasteiger partial charge in [0.05, 0.1) is 0 Å². The van der Waals surface area contributed by atoms with E-state index in [-0.39, 0.29) is 23.1 Å². The molecule has 0 bridgehead atoms. The maximum atomic E-state index is 11.6. The van der Waals surface area contributed by atoms with E-state index in [2.05, 4.69) is 13.8 Å². The van der Waals surface area contributed by atoms with Gasteiger partial charge in [-0.25, -0.2) is 0 Å². The molecule has 0 heterocycles. The van der Waals surface area contributed by atoms with Crippen LogP contribution in [0.4, 0.5) is 0 Å². The molecule has 4 nitrogen and oxygen atoms in total. The zero-order chi connectivity index (χ0) is 18.3. The number of carboxylic acids is 1. The summed E-state index contributed by atoms with van der Waals surface area (Å²) in [5, 5.41) is 8.67. The van der Waals surface area contributed by atoms with Gasteiger partial charge in [-0.1, -0.05) is 78.1 Å². The Morgan fingerprint density at radius 1 is 0.800 bits per heavy atom. The molecule has 0 spiro atoms. The molecule has 0 aromatic carbocycles. The molecule has 0 saturated carbocycles. The molecular formula is C20H40MgO4. The Kier molecular flexibility index (Phi) is 18.5. The molecule has 0 aromatic rings. The first-order valence-corrected chi connectivity index (χ1v) is 9.87. The number of aliphatic carboxylic acids is 1. The van der Waals surface area contributed by atoms with Crippen LogP contribution in [-0.4, -0.2) is 45.7 Å². The molecule has 0 radical (unpaired) electrons. The summed E-state index contributed by atoms with van der Waals surface area (Å²) in [7, 11) is 0. The van der Waals surface area contributed by atoms with Crippen LogP contribution in [0.3, 0.4) is 0 Å². The highest BCUT2D eigenvalue weighted by Crippen LogP contribution is 2.26. The number of hydrogen-bond donors (Lipinski definition) is 1. The van der Waals surface area contributed by atoms with Crippen molar-refractivity contribution in [1.29, 1.82) is 0 Å². The molecule has 0 fully saturated rings. The maximum absolute atomic E-state index is 11.6. The van der Waals surface area contributed by atoms with Crippen LogP contribution in [0.25, 0.3) is 0 Å². The van der Waals surface area contributed by atoms with Crippen LogP contribution in [0.1, 0.15) is 111 Å². The largest absolute Gasteiger partial charge is 0.481 e. The standard InChI is InChI=1S/C20H38O4.Mg.2H/c1-4-6-7-8-9-10-11-12-13-14-16-20(3,15-5-2)24-19(23)17-18(21)22;;;/h4-17H2,1-3H3,(H,21,22);;;. The molecular weight excluding hydrogens is 329 g/mol. The summed E-state index contributed by atoms with van der Waals surface area (Å²) in [6.45, 7) is 6.23. The van der Waals surface area contributed by atoms with Gasteiger partial charge in [-0.15, -0.1) is 0 Å². The van der Waals surface area contributed by atoms with Crippen LogP contribution in [0.2, 0.25) is 0 Å². The summed E-state index contributed by atoms with van der Waals surface area (Å²) in [4.78, 5) is 22.2. The van der Waals surface area contributed by atoms with Gasteiger partial charge in [-0.2, -0.15) is 0 Å². The van der Waals surface area contributed by atoms with E-state index in [0.717, 1.165) is 32.1 Å². The Balaban J connectivity index is 0. The quantitative estimate of drug-likeness (QED) is 0.181. The molecule has 0 aliphatic rings. The normalized spacial score (nSPS) is 12.9. The minimum absolute atomic E-state index is 0. The molecule has 25 heavy (non-hydrogen) atoms. The van der Waals surface area contributed by atoms with Crippen LogP contribution in [0.5, 0.6) is 0 Å². The summed E-state index contributed by atoms with van der Waals surface area (Å²) in [6, 6.07) is 0. The fourth-order valence-corrected chi connectivity index (χ4v) is 3.18. The predicted octanol–water partition coefficient (Wildman–Crippen LogP) is 4.96. The smallest absolute Gasteiger partial charge is 0.317 e. The molecule has 0 aliphatic heterocycles. The molecule has 5 heteroatoms. The maximum Gasteiger partial charge on any atom is 0.317 e. The number of carbonyl (C=O) groups is 2. The van der Waals surface area contributed by atoms with Crippen molar-refractivity contribution in [2.45, 2.75) is 116 Å². The number of hydrogen-bond acceptors (Lipinski definition) is 3. The molecule has 0 amide bonds. The fourth-order valence-electron chi connectivity index (χ4n) is 3.18. The van der Waals surface area contributed by atoms with Crippen molar-refractivity contribution in [3.63, 3.8) is 0 Å². The second-order valence-electron chi connectivity index (χ2n) is 7.18. The number of unbranched alkanes of at least 4 members (excludes halogenated alkanes) is 9. The Morgan fingerprint density at radius 2 is 1.28 bits per heavy atom. The minimum atomic E-state index is -1.13. The van der Waals surface area contributed by atoms with Crippen molar-refractivity contribution in [3.05, 3.63) is 0 Å². The lowest BCUT2D eigenvalue weighted by atomic mass is 9.92. The number of carbonyl (C=O) groups excluding carboxylic acids is 1. The third kappa shape index (κ3) is 16.9. The molecule has 0 rings (SSSR count). The van der Waals surface area contributed by atoms with Gasteiger partial charge in [0.15, 0.2) is 0 Å². The van der Waals surface area contributed by atoms with E-state index in [1.54, 1.807) is 0 Å². The summed E-state index contributed by atoms with van der Waals surface area (Å²) >= 11 is 0. The lowest BCUT2D eigenvalue weighted by Crippen LogP contribution is -2.32. The van der Waals surface area contributed by atoms with Gasteiger partial charge in [0, 0.05) is 0 Å². The van der Waals surface area contributed by atoms with Gasteiger partial charge in [0.25, 0.3) is 0 Å². The van der Waals surface area contributed by atoms with Gasteiger partial charge in [0.1, 0.15) is 12.0 Å². The first-order chi connectivity index (χ1) is 11.4. The number of rotatable bonds is 16. The molecule has 0 saturated heterocycles. The SMILES string of the molecule is CCCCCCCCCCCCC(C)(CCC)OC(=O)CC(=O)O.[MgH2]. The van der Waals surface area contributed by atoms with E-state index in [4.69, 9.17) is 9.84 Å². The Labute approximate surface area is 170 Å². The fraction of sp³-hybridized carbons (Fsp3) is 0.900. The van der Waals surface area contributed by atoms with Crippen molar-refractivity contribution in [3.8, 4) is 0 Å². The molecule has 1 unspecified atom stereocenters. The van der Waals surface area contributed by atoms with Crippen LogP contribution in [-0.2, 0) is 14.3 Å². The van der Waals surface area contributed by atoms with Crippen molar-refractivity contribution in [2.24, 2.45) is 0 Å². The third-order valence-corrected chi connectivity index (χ3v) is 4.49. The topological polar surface area (TPSA) is 63.6 Å². The van der Waals surface area contributed by atoms with Crippen molar-refractivity contribution in [2.75, 3.05) is 0 Å². The summed E-state index contributed by atoms with van der Waals surface area (Å²) in [5.41, 5.74) is -0.512. The van der Waals surface area contributed by atoms with E-state index in [1.807, 2.05) is 6.92 Å². The van der Waals surface area contributed by atoms with Crippen LogP contribution >= 0.6 is 0 Å². The van der Waals surface area contributed by atoms with Crippen molar-refractivity contribution >= 4 is 35.0 Å². The van der Waals surface area contributed by atoms with Crippen molar-refractivity contribution < 1.29 is 19.4 Å². The van der Waals surface area contributed by atoms with Gasteiger partial charge in [0.2, 0.25) is 0 Å². The highest BCUT2D eigenvalue weighted by atomic mass is 24.3. The first kappa shape index (κ1) is 26.9. The Hall–Kier alpha value is -0.294. The van der Waals surface area contributed by atoms with E-state index in [0.29, 0.717) is 0 Å². The molecule has 1 atom stereocenters. The van der Waals surface area contributed by atoms with E-state index >= 15 is 0 Å². The van der Waals surface area contributed by atoms with E-state index in [1.165, 1.54) is 51.4 Å². The molecule has 146 valence electrons. The van der Waals surface area contributed by atoms with E-state index < -0.39 is 24.0 Å². The molecule has 1 N–H and O–H groups in total. The average molecular weight is 369 g/mol. The summed E-state index contributed by atoms with van der Waals surface area (Å²) in [6.07, 6.45) is 14.8. The van der Waals surface area contributed by atoms with Gasteiger partial charge in [-0.05, 0) is 26.2 Å². The molecule has 0 aliphatic carbocycles. The van der Waals surface area contributed by atoms with Gasteiger partial charge in [-0.3, -0.25) is 9.59 Å². The number of carboxylic acid groups (broad SMARTS) is 1. The van der Waals surface area contributed by atoms with Gasteiger partial charge >= 0.3 is 35.0 Å². The average Bonchev–Trinajstić information content (AvgIpc) is 2.48. The predicted molar refractivity (Wildman–Crippen MR) is 107 cm³/mol. The van der Waals surface area contributed by atoms with Gasteiger partial charge < -0.3 is 9.84 Å². The summed E-state index contributed by atoms with van der Waals surface area (Å²) < 4.78 is 5.45. The Bertz CT molecular complexity index is 347. The second-order valence-corrected chi connectivity index (χ2v) is 7.18. The third-order valence-electron chi connectivity index (χ3n) is 4.49. The zero-order valence-corrected chi connectivity index (χ0v) is 16.1. The van der Waals surface area contributed by atoms with Crippen LogP contribution in [0.15, 0.2) is 0 Å². The zero-order valence-electron chi connectivity index (χ0n) is 16.1. The minimum Gasteiger partial charge on any atom is -0.481 e.